The van der Waals surface area contributed by atoms with Crippen LogP contribution >= 0.6 is 34.0 Å². The smallest absolute Gasteiger partial charge is 0.259 e. The molecular weight excluding hydrogens is 1910 g/mol. The van der Waals surface area contributed by atoms with Crippen LogP contribution in [-0.2, 0) is 38.5 Å². The zero-order valence-electron chi connectivity index (χ0n) is 81.2. The first-order valence-corrected chi connectivity index (χ1v) is 51.4. The fraction of sp³-hybridized carbons (Fsp3) is 0.0556. The van der Waals surface area contributed by atoms with Gasteiger partial charge < -0.3 is 29.2 Å². The first kappa shape index (κ1) is 97.1. The number of ether oxygens (including phenoxy) is 1. The van der Waals surface area contributed by atoms with Gasteiger partial charge in [-0.2, -0.15) is 0 Å². The highest BCUT2D eigenvalue weighted by Crippen LogP contribution is 2.35. The summed E-state index contributed by atoms with van der Waals surface area (Å²) in [5, 5.41) is 9.19. The standard InChI is InChI=1S/C24H19N3O.C23H17N3.C20H16N2OS.2C20H14N2OS.C19H14N4O/c1-28-21-6-2-4-16-9-11-19(26-22(16)21)13-14-20-12-10-18-8-7-17-5-3-15-25-23(17)24(18)27-20;1-2-6-21-16(4-1)9-11-19(25-21)13-14-20-12-10-18-8-7-17-5-3-15-24-22(17)23(18)26-20;3*23-20-16-8-4-5-9-17(16)21-19(22-20)13-11-15-10-12-18(24-15)14-6-2-1-3-7-14;24-19-15-8-4-5-9-16(15)21-18(22-19)10-11-23-12-17(20-13-23)14-6-2-1-3-7-14/h2-12,15H,13-14H2,1H3;1-12,15H,13-14H2;1-10,12H,11,13H2,(H,21,22,23);2*1-13H,(H,21,22,23);1-13H,(H,21,22,24)/b;;;13-11+;;11-10+. The molecule has 26 aromatic rings. The third-order valence-corrected chi connectivity index (χ3v) is 28.4. The van der Waals surface area contributed by atoms with Gasteiger partial charge in [-0.05, 0) is 213 Å². The lowest BCUT2D eigenvalue weighted by atomic mass is 10.1. The molecule has 26 rings (SSSR count). The van der Waals surface area contributed by atoms with Gasteiger partial charge in [-0.1, -0.05) is 261 Å². The van der Waals surface area contributed by atoms with E-state index in [4.69, 9.17) is 24.7 Å². The number of para-hydroxylation sites is 6. The molecule has 0 fully saturated rings. The molecule has 4 N–H and O–H groups in total. The third-order valence-electron chi connectivity index (χ3n) is 25.0. The van der Waals surface area contributed by atoms with E-state index in [1.54, 1.807) is 77.8 Å². The van der Waals surface area contributed by atoms with E-state index in [1.165, 1.54) is 41.6 Å². The third kappa shape index (κ3) is 23.8. The molecule has 14 heterocycles. The Balaban J connectivity index is 0.000000105. The molecule has 21 nitrogen and oxygen atoms in total. The van der Waals surface area contributed by atoms with Gasteiger partial charge in [0, 0.05) is 121 Å². The Morgan fingerprint density at radius 2 is 0.640 bits per heavy atom. The fourth-order valence-electron chi connectivity index (χ4n) is 17.4. The Bertz CT molecular complexity index is 9260. The molecule has 0 bridgehead atoms. The van der Waals surface area contributed by atoms with E-state index < -0.39 is 0 Å². The number of nitrogens with zero attached hydrogens (tertiary/aromatic N) is 12. The topological polar surface area (TPSA) is 287 Å². The van der Waals surface area contributed by atoms with Crippen molar-refractivity contribution < 1.29 is 4.74 Å². The van der Waals surface area contributed by atoms with Gasteiger partial charge in [0.2, 0.25) is 0 Å². The average Bonchev–Trinajstić information content (AvgIpc) is 0.955. The lowest BCUT2D eigenvalue weighted by Crippen LogP contribution is -2.12. The van der Waals surface area contributed by atoms with Crippen molar-refractivity contribution in [3.05, 3.63) is 521 Å². The van der Waals surface area contributed by atoms with Crippen LogP contribution in [0.3, 0.4) is 0 Å². The zero-order chi connectivity index (χ0) is 102. The minimum absolute atomic E-state index is 0.0632. The fourth-order valence-corrected chi connectivity index (χ4v) is 20.2. The van der Waals surface area contributed by atoms with Crippen LogP contribution < -0.4 is 27.0 Å². The Morgan fingerprint density at radius 3 is 1.12 bits per heavy atom. The van der Waals surface area contributed by atoms with E-state index in [0.717, 1.165) is 159 Å². The van der Waals surface area contributed by atoms with Gasteiger partial charge >= 0.3 is 0 Å². The minimum atomic E-state index is -0.143. The SMILES string of the molecule is COc1cccc2ccc(CCc3ccc4ccc5cccnc5c4n3)nc12.O=c1[nH]c(/C=C/c2ccc(-c3ccccc3)s2)nc2ccccc12.O=c1[nH]c(/C=C/n2cnc(-c3ccccc3)c2)nc2ccccc12.O=c1[nH]c(C=Cc2ccc(-c3ccccc3)s2)nc2ccccc12.O=c1[nH]c(CCc2ccc(-c3ccccc3)s2)nc2ccccc12.c1ccc2nc(CCc3ccc4ccc5cccnc5c4n3)ccc2c1. The number of aromatic nitrogens is 16. The van der Waals surface area contributed by atoms with E-state index >= 15 is 0 Å². The number of aryl methyl sites for hydroxylation is 6. The number of nitrogens with one attached hydrogen (secondary N) is 4. The molecule has 0 aliphatic heterocycles. The number of hydrogen-bond acceptors (Lipinski definition) is 19. The van der Waals surface area contributed by atoms with Gasteiger partial charge in [0.15, 0.2) is 0 Å². The van der Waals surface area contributed by atoms with E-state index in [0.29, 0.717) is 55.6 Å². The quantitative estimate of drug-likeness (QED) is 0.0516. The number of benzene rings is 12. The van der Waals surface area contributed by atoms with Gasteiger partial charge in [0.05, 0.1) is 90.3 Å². The van der Waals surface area contributed by atoms with Crippen molar-refractivity contribution in [2.45, 2.75) is 38.5 Å². The molecule has 0 radical (unpaired) electrons. The van der Waals surface area contributed by atoms with Gasteiger partial charge in [-0.15, -0.1) is 34.0 Å². The van der Waals surface area contributed by atoms with Crippen LogP contribution in [0.25, 0.3) is 188 Å². The molecule has 0 saturated heterocycles. The number of fused-ring (bicyclic) bond motifs is 12. The summed E-state index contributed by atoms with van der Waals surface area (Å²) in [4.78, 5) is 118. The number of thiophene rings is 3. The van der Waals surface area contributed by atoms with Crippen LogP contribution in [0.5, 0.6) is 5.75 Å². The molecule has 0 atom stereocenters. The molecule has 12 aromatic carbocycles. The van der Waals surface area contributed by atoms with E-state index in [2.05, 4.69) is 243 Å². The largest absolute Gasteiger partial charge is 0.494 e. The summed E-state index contributed by atoms with van der Waals surface area (Å²) in [5.41, 5.74) is 18.1. The molecule has 0 unspecified atom stereocenters. The summed E-state index contributed by atoms with van der Waals surface area (Å²) in [6.07, 6.45) is 23.5. The van der Waals surface area contributed by atoms with Crippen LogP contribution in [-0.4, -0.2) is 86.4 Å². The lowest BCUT2D eigenvalue weighted by molar-refractivity contribution is 0.419. The lowest BCUT2D eigenvalue weighted by Gasteiger charge is -2.08. The van der Waals surface area contributed by atoms with E-state index in [-0.39, 0.29) is 22.2 Å². The molecule has 0 aliphatic rings. The summed E-state index contributed by atoms with van der Waals surface area (Å²) in [6, 6.07) is 131. The zero-order valence-corrected chi connectivity index (χ0v) is 83.6. The Labute approximate surface area is 872 Å². The maximum Gasteiger partial charge on any atom is 0.259 e. The summed E-state index contributed by atoms with van der Waals surface area (Å²) in [5.74, 6) is 3.18. The van der Waals surface area contributed by atoms with E-state index in [9.17, 15) is 19.2 Å². The molecule has 0 amide bonds. The number of methoxy groups -OCH3 is 1. The first-order chi connectivity index (χ1) is 73.9. The highest BCUT2D eigenvalue weighted by atomic mass is 32.1. The number of pyridine rings is 6. The van der Waals surface area contributed by atoms with Crippen molar-refractivity contribution >= 4 is 180 Å². The monoisotopic (exact) mass is 2010 g/mol. The summed E-state index contributed by atoms with van der Waals surface area (Å²) in [6.45, 7) is 0. The molecule has 24 heteroatoms. The van der Waals surface area contributed by atoms with Crippen molar-refractivity contribution in [1.82, 2.24) is 79.3 Å². The molecule has 150 heavy (non-hydrogen) atoms. The Kier molecular flexibility index (Phi) is 30.0. The number of imidazole rings is 1. The van der Waals surface area contributed by atoms with Gasteiger partial charge in [-0.3, -0.25) is 44.1 Å². The predicted octanol–water partition coefficient (Wildman–Crippen LogP) is 27.7. The van der Waals surface area contributed by atoms with Crippen molar-refractivity contribution in [2.75, 3.05) is 7.11 Å². The normalized spacial score (nSPS) is 11.3. The minimum Gasteiger partial charge on any atom is -0.494 e. The van der Waals surface area contributed by atoms with Crippen molar-refractivity contribution in [2.24, 2.45) is 0 Å². The van der Waals surface area contributed by atoms with Crippen molar-refractivity contribution in [3.63, 3.8) is 0 Å². The highest BCUT2D eigenvalue weighted by molar-refractivity contribution is 7.17. The van der Waals surface area contributed by atoms with Gasteiger partial charge in [-0.25, -0.2) is 29.9 Å². The first-order valence-electron chi connectivity index (χ1n) is 48.9. The number of rotatable bonds is 20. The maximum absolute atomic E-state index is 12.1. The molecule has 726 valence electrons. The van der Waals surface area contributed by atoms with Gasteiger partial charge in [0.25, 0.3) is 22.2 Å². The maximum atomic E-state index is 12.1. The van der Waals surface area contributed by atoms with Crippen LogP contribution in [0.1, 0.15) is 60.7 Å². The Hall–Kier alpha value is -19.0. The van der Waals surface area contributed by atoms with Crippen LogP contribution in [0.15, 0.2) is 438 Å². The second kappa shape index (κ2) is 46.4. The number of H-pyrrole nitrogens is 4. The second-order valence-electron chi connectivity index (χ2n) is 35.1. The molecule has 0 spiro atoms. The van der Waals surface area contributed by atoms with Crippen LogP contribution in [0, 0.1) is 0 Å². The highest BCUT2D eigenvalue weighted by Gasteiger charge is 2.15. The molecular formula is C126H94N16O5S3. The summed E-state index contributed by atoms with van der Waals surface area (Å²) >= 11 is 5.21. The summed E-state index contributed by atoms with van der Waals surface area (Å²) < 4.78 is 7.28. The predicted molar refractivity (Wildman–Crippen MR) is 616 cm³/mol. The molecule has 14 aromatic heterocycles. The molecule has 0 saturated carbocycles. The average molecular weight is 2010 g/mol. The summed E-state index contributed by atoms with van der Waals surface area (Å²) in [7, 11) is 1.68. The van der Waals surface area contributed by atoms with Crippen LogP contribution in [0.2, 0.25) is 0 Å². The van der Waals surface area contributed by atoms with Crippen molar-refractivity contribution in [1.29, 1.82) is 0 Å². The van der Waals surface area contributed by atoms with Crippen LogP contribution in [0.4, 0.5) is 0 Å². The number of hydrogen-bond donors (Lipinski definition) is 4. The van der Waals surface area contributed by atoms with Gasteiger partial charge in [0.1, 0.15) is 34.6 Å². The van der Waals surface area contributed by atoms with E-state index in [1.807, 2.05) is 236 Å². The van der Waals surface area contributed by atoms with Crippen molar-refractivity contribution in [3.8, 4) is 48.3 Å². The number of aromatic amines is 4. The Morgan fingerprint density at radius 1 is 0.273 bits per heavy atom. The second-order valence-corrected chi connectivity index (χ2v) is 38.5. The molecule has 0 aliphatic carbocycles.